The molecule has 0 rings (SSSR count). The molecular formula is C18H30O3. The van der Waals surface area contributed by atoms with Crippen molar-refractivity contribution < 1.29 is 14.7 Å². The summed E-state index contributed by atoms with van der Waals surface area (Å²) in [6, 6.07) is 0. The molecule has 0 saturated heterocycles. The summed E-state index contributed by atoms with van der Waals surface area (Å²) < 4.78 is 0. The Balaban J connectivity index is 3.41. The Labute approximate surface area is 129 Å². The van der Waals surface area contributed by atoms with Gasteiger partial charge in [0.1, 0.15) is 0 Å². The van der Waals surface area contributed by atoms with Gasteiger partial charge in [0.25, 0.3) is 0 Å². The third-order valence-corrected chi connectivity index (χ3v) is 3.30. The molecule has 1 N–H and O–H groups in total. The van der Waals surface area contributed by atoms with Gasteiger partial charge in [-0.1, -0.05) is 51.2 Å². The van der Waals surface area contributed by atoms with Crippen molar-refractivity contribution in [2.24, 2.45) is 0 Å². The quantitative estimate of drug-likeness (QED) is 0.360. The molecule has 3 nitrogen and oxygen atoms in total. The molecule has 0 fully saturated rings. The number of ketones is 1. The number of aliphatic carboxylic acids is 1. The van der Waals surface area contributed by atoms with E-state index in [2.05, 4.69) is 6.92 Å². The fourth-order valence-corrected chi connectivity index (χ4v) is 2.04. The SMILES string of the molecule is CCCCC/C=C\C(=O)/C=C\CCCCCCCC(=O)O. The molecule has 0 radical (unpaired) electrons. The van der Waals surface area contributed by atoms with Gasteiger partial charge in [-0.25, -0.2) is 0 Å². The molecule has 0 amide bonds. The highest BCUT2D eigenvalue weighted by molar-refractivity contribution is 5.99. The summed E-state index contributed by atoms with van der Waals surface area (Å²) in [7, 11) is 0. The number of allylic oxidation sites excluding steroid dienone is 4. The van der Waals surface area contributed by atoms with Crippen molar-refractivity contribution in [3.63, 3.8) is 0 Å². The molecule has 0 aromatic carbocycles. The summed E-state index contributed by atoms with van der Waals surface area (Å²) in [5.74, 6) is -0.632. The minimum Gasteiger partial charge on any atom is -0.481 e. The second-order valence-electron chi connectivity index (χ2n) is 5.40. The standard InChI is InChI=1S/C18H30O3/c1-2-3-4-8-11-14-17(19)15-12-9-6-5-7-10-13-16-18(20)21/h11-12,14-15H,2-10,13,16H2,1H3,(H,20,21)/b14-11-,15-12-. The van der Waals surface area contributed by atoms with Crippen molar-refractivity contribution in [1.82, 2.24) is 0 Å². The van der Waals surface area contributed by atoms with Crippen molar-refractivity contribution in [3.8, 4) is 0 Å². The predicted octanol–water partition coefficient (Wildman–Crippen LogP) is 5.06. The third-order valence-electron chi connectivity index (χ3n) is 3.30. The lowest BCUT2D eigenvalue weighted by atomic mass is 10.1. The maximum atomic E-state index is 11.5. The van der Waals surface area contributed by atoms with Crippen LogP contribution in [0.2, 0.25) is 0 Å². The van der Waals surface area contributed by atoms with E-state index >= 15 is 0 Å². The monoisotopic (exact) mass is 294 g/mol. The Bertz CT molecular complexity index is 329. The molecule has 0 heterocycles. The number of carboxylic acid groups (broad SMARTS) is 1. The minimum atomic E-state index is -0.709. The Hall–Kier alpha value is -1.38. The van der Waals surface area contributed by atoms with E-state index in [4.69, 9.17) is 5.11 Å². The van der Waals surface area contributed by atoms with Gasteiger partial charge in [0.05, 0.1) is 0 Å². The molecule has 0 bridgehead atoms. The molecule has 0 aliphatic carbocycles. The zero-order valence-corrected chi connectivity index (χ0v) is 13.4. The van der Waals surface area contributed by atoms with Gasteiger partial charge < -0.3 is 5.11 Å². The Morgan fingerprint density at radius 3 is 1.90 bits per heavy atom. The number of carboxylic acids is 1. The molecule has 0 aromatic rings. The van der Waals surface area contributed by atoms with E-state index in [0.29, 0.717) is 0 Å². The van der Waals surface area contributed by atoms with E-state index in [1.54, 1.807) is 12.2 Å². The van der Waals surface area contributed by atoms with E-state index in [1.165, 1.54) is 12.8 Å². The van der Waals surface area contributed by atoms with Crippen molar-refractivity contribution >= 4 is 11.8 Å². The van der Waals surface area contributed by atoms with Crippen LogP contribution in [0.25, 0.3) is 0 Å². The predicted molar refractivity (Wildman–Crippen MR) is 87.4 cm³/mol. The molecule has 0 atom stereocenters. The summed E-state index contributed by atoms with van der Waals surface area (Å²) >= 11 is 0. The summed E-state index contributed by atoms with van der Waals surface area (Å²) in [6.45, 7) is 2.17. The Morgan fingerprint density at radius 1 is 0.810 bits per heavy atom. The van der Waals surface area contributed by atoms with Crippen LogP contribution in [-0.2, 0) is 9.59 Å². The van der Waals surface area contributed by atoms with Gasteiger partial charge in [-0.15, -0.1) is 0 Å². The highest BCUT2D eigenvalue weighted by Crippen LogP contribution is 2.07. The highest BCUT2D eigenvalue weighted by Gasteiger charge is 1.96. The van der Waals surface area contributed by atoms with Crippen LogP contribution in [0, 0.1) is 0 Å². The largest absolute Gasteiger partial charge is 0.481 e. The fraction of sp³-hybridized carbons (Fsp3) is 0.667. The van der Waals surface area contributed by atoms with Crippen molar-refractivity contribution in [2.75, 3.05) is 0 Å². The normalized spacial score (nSPS) is 11.5. The first-order chi connectivity index (χ1) is 10.2. The highest BCUT2D eigenvalue weighted by atomic mass is 16.4. The Kier molecular flexibility index (Phi) is 14.0. The lowest BCUT2D eigenvalue weighted by Gasteiger charge is -1.98. The first-order valence-corrected chi connectivity index (χ1v) is 8.25. The molecule has 0 aliphatic heterocycles. The van der Waals surface area contributed by atoms with Crippen LogP contribution in [0.1, 0.15) is 77.6 Å². The smallest absolute Gasteiger partial charge is 0.303 e. The van der Waals surface area contributed by atoms with Crippen LogP contribution in [0.5, 0.6) is 0 Å². The summed E-state index contributed by atoms with van der Waals surface area (Å²) in [4.78, 5) is 21.8. The first-order valence-electron chi connectivity index (χ1n) is 8.25. The van der Waals surface area contributed by atoms with Crippen LogP contribution in [0.3, 0.4) is 0 Å². The van der Waals surface area contributed by atoms with Crippen molar-refractivity contribution in [2.45, 2.75) is 77.6 Å². The molecule has 0 unspecified atom stereocenters. The van der Waals surface area contributed by atoms with E-state index in [0.717, 1.165) is 51.4 Å². The van der Waals surface area contributed by atoms with E-state index in [9.17, 15) is 9.59 Å². The van der Waals surface area contributed by atoms with Gasteiger partial charge in [-0.3, -0.25) is 9.59 Å². The van der Waals surface area contributed by atoms with Crippen molar-refractivity contribution in [1.29, 1.82) is 0 Å². The fourth-order valence-electron chi connectivity index (χ4n) is 2.04. The van der Waals surface area contributed by atoms with Crippen molar-refractivity contribution in [3.05, 3.63) is 24.3 Å². The van der Waals surface area contributed by atoms with Crippen LogP contribution >= 0.6 is 0 Å². The van der Waals surface area contributed by atoms with E-state index in [1.807, 2.05) is 12.2 Å². The number of carbonyl (C=O) groups excluding carboxylic acids is 1. The molecule has 120 valence electrons. The second-order valence-corrected chi connectivity index (χ2v) is 5.40. The molecule has 0 spiro atoms. The molecule has 0 aromatic heterocycles. The number of rotatable bonds is 14. The van der Waals surface area contributed by atoms with Crippen LogP contribution in [0.4, 0.5) is 0 Å². The number of hydrogen-bond acceptors (Lipinski definition) is 2. The lowest BCUT2D eigenvalue weighted by Crippen LogP contribution is -1.93. The zero-order valence-electron chi connectivity index (χ0n) is 13.4. The van der Waals surface area contributed by atoms with Gasteiger partial charge in [0.15, 0.2) is 5.78 Å². The Morgan fingerprint density at radius 2 is 1.33 bits per heavy atom. The van der Waals surface area contributed by atoms with Gasteiger partial charge in [0, 0.05) is 6.42 Å². The van der Waals surface area contributed by atoms with Gasteiger partial charge in [-0.05, 0) is 44.3 Å². The average Bonchev–Trinajstić information content (AvgIpc) is 2.45. The molecule has 3 heteroatoms. The number of hydrogen-bond donors (Lipinski definition) is 1. The molecule has 21 heavy (non-hydrogen) atoms. The first kappa shape index (κ1) is 19.6. The number of unbranched alkanes of at least 4 members (excludes halogenated alkanes) is 8. The zero-order chi connectivity index (χ0) is 15.8. The van der Waals surface area contributed by atoms with E-state index < -0.39 is 5.97 Å². The van der Waals surface area contributed by atoms with Crippen LogP contribution in [0.15, 0.2) is 24.3 Å². The molecular weight excluding hydrogens is 264 g/mol. The van der Waals surface area contributed by atoms with Gasteiger partial charge >= 0.3 is 5.97 Å². The molecule has 0 saturated carbocycles. The van der Waals surface area contributed by atoms with Crippen LogP contribution < -0.4 is 0 Å². The maximum absolute atomic E-state index is 11.5. The average molecular weight is 294 g/mol. The molecule has 0 aliphatic rings. The minimum absolute atomic E-state index is 0.0768. The second kappa shape index (κ2) is 15.0. The topological polar surface area (TPSA) is 54.4 Å². The van der Waals surface area contributed by atoms with Gasteiger partial charge in [0.2, 0.25) is 0 Å². The van der Waals surface area contributed by atoms with Gasteiger partial charge in [-0.2, -0.15) is 0 Å². The third kappa shape index (κ3) is 16.6. The summed E-state index contributed by atoms with van der Waals surface area (Å²) in [6.07, 6.45) is 18.0. The lowest BCUT2D eigenvalue weighted by molar-refractivity contribution is -0.137. The number of carbonyl (C=O) groups is 2. The van der Waals surface area contributed by atoms with E-state index in [-0.39, 0.29) is 12.2 Å². The maximum Gasteiger partial charge on any atom is 0.303 e. The summed E-state index contributed by atoms with van der Waals surface area (Å²) in [5, 5.41) is 8.50. The summed E-state index contributed by atoms with van der Waals surface area (Å²) in [5.41, 5.74) is 0. The van der Waals surface area contributed by atoms with Crippen LogP contribution in [-0.4, -0.2) is 16.9 Å².